The van der Waals surface area contributed by atoms with Gasteiger partial charge in [0.2, 0.25) is 17.7 Å². The Morgan fingerprint density at radius 1 is 0.867 bits per heavy atom. The molecule has 0 fully saturated rings. The molecule has 11 nitrogen and oxygen atoms in total. The van der Waals surface area contributed by atoms with Crippen LogP contribution in [0.15, 0.2) is 0 Å². The average Bonchev–Trinajstić information content (AvgIpc) is 2.63. The summed E-state index contributed by atoms with van der Waals surface area (Å²) in [5.74, 6) is -5.05. The molecule has 0 saturated heterocycles. The van der Waals surface area contributed by atoms with E-state index in [1.807, 2.05) is 13.8 Å². The first-order valence-corrected chi connectivity index (χ1v) is 9.91. The van der Waals surface area contributed by atoms with Crippen molar-refractivity contribution in [3.8, 4) is 0 Å². The maximum atomic E-state index is 12.5. The molecule has 11 heteroatoms. The van der Waals surface area contributed by atoms with E-state index in [4.69, 9.17) is 10.8 Å². The fraction of sp³-hybridized carbons (Fsp3) is 0.737. The van der Waals surface area contributed by atoms with Gasteiger partial charge in [-0.25, -0.2) is 4.79 Å². The monoisotopic (exact) mass is 430 g/mol. The first-order valence-electron chi connectivity index (χ1n) is 9.91. The number of carbonyl (C=O) groups excluding carboxylic acids is 3. The zero-order valence-electron chi connectivity index (χ0n) is 18.1. The molecular weight excluding hydrogens is 396 g/mol. The van der Waals surface area contributed by atoms with Gasteiger partial charge in [0.05, 0.1) is 12.5 Å². The molecule has 0 heterocycles. The lowest BCUT2D eigenvalue weighted by Crippen LogP contribution is -2.57. The van der Waals surface area contributed by atoms with Crippen molar-refractivity contribution in [1.82, 2.24) is 16.0 Å². The Balaban J connectivity index is 5.12. The van der Waals surface area contributed by atoms with Crippen molar-refractivity contribution in [2.24, 2.45) is 17.6 Å². The van der Waals surface area contributed by atoms with Crippen LogP contribution in [0.25, 0.3) is 0 Å². The van der Waals surface area contributed by atoms with Crippen molar-refractivity contribution in [2.45, 2.75) is 78.0 Å². The Bertz CT molecular complexity index is 638. The maximum Gasteiger partial charge on any atom is 0.326 e. The molecule has 0 bridgehead atoms. The second-order valence-electron chi connectivity index (χ2n) is 7.84. The molecule has 0 aromatic heterocycles. The molecule has 5 atom stereocenters. The maximum absolute atomic E-state index is 12.5. The van der Waals surface area contributed by atoms with E-state index in [1.54, 1.807) is 13.8 Å². The van der Waals surface area contributed by atoms with Gasteiger partial charge in [-0.2, -0.15) is 0 Å². The second-order valence-corrected chi connectivity index (χ2v) is 7.84. The Labute approximate surface area is 176 Å². The van der Waals surface area contributed by atoms with Gasteiger partial charge in [0.15, 0.2) is 0 Å². The summed E-state index contributed by atoms with van der Waals surface area (Å²) in [4.78, 5) is 59.4. The molecule has 5 unspecified atom stereocenters. The van der Waals surface area contributed by atoms with Gasteiger partial charge < -0.3 is 31.9 Å². The summed E-state index contributed by atoms with van der Waals surface area (Å²) in [5, 5.41) is 25.3. The lowest BCUT2D eigenvalue weighted by atomic mass is 9.99. The van der Waals surface area contributed by atoms with Gasteiger partial charge in [0.1, 0.15) is 18.1 Å². The zero-order chi connectivity index (χ0) is 23.6. The highest BCUT2D eigenvalue weighted by Gasteiger charge is 2.31. The average molecular weight is 431 g/mol. The number of rotatable bonds is 13. The molecule has 3 amide bonds. The van der Waals surface area contributed by atoms with Crippen LogP contribution >= 0.6 is 0 Å². The number of nitrogens with one attached hydrogen (secondary N) is 3. The lowest BCUT2D eigenvalue weighted by molar-refractivity contribution is -0.144. The standard InChI is InChI=1S/C19H34N4O7/c1-6-10(4)15(19(29)30)23-16(26)11(5)21-18(28)13(8-14(24)25)22-17(27)12(20)7-9(2)3/h9-13,15H,6-8,20H2,1-5H3,(H,21,28)(H,22,27)(H,23,26)(H,24,25)(H,29,30). The van der Waals surface area contributed by atoms with E-state index < -0.39 is 60.2 Å². The summed E-state index contributed by atoms with van der Waals surface area (Å²) >= 11 is 0. The third-order valence-electron chi connectivity index (χ3n) is 4.60. The zero-order valence-corrected chi connectivity index (χ0v) is 18.1. The molecule has 0 aromatic rings. The van der Waals surface area contributed by atoms with Crippen LogP contribution in [0.3, 0.4) is 0 Å². The second kappa shape index (κ2) is 12.8. The van der Waals surface area contributed by atoms with Crippen LogP contribution in [0.4, 0.5) is 0 Å². The van der Waals surface area contributed by atoms with Crippen LogP contribution in [0.1, 0.15) is 53.9 Å². The number of carbonyl (C=O) groups is 5. The quantitative estimate of drug-likeness (QED) is 0.224. The Morgan fingerprint density at radius 2 is 1.43 bits per heavy atom. The van der Waals surface area contributed by atoms with Crippen molar-refractivity contribution in [2.75, 3.05) is 0 Å². The topological polar surface area (TPSA) is 188 Å². The van der Waals surface area contributed by atoms with Crippen LogP contribution in [0.2, 0.25) is 0 Å². The summed E-state index contributed by atoms with van der Waals surface area (Å²) in [6.45, 7) is 8.49. The highest BCUT2D eigenvalue weighted by Crippen LogP contribution is 2.08. The van der Waals surface area contributed by atoms with Gasteiger partial charge >= 0.3 is 11.9 Å². The van der Waals surface area contributed by atoms with Crippen molar-refractivity contribution < 1.29 is 34.2 Å². The van der Waals surface area contributed by atoms with E-state index in [1.165, 1.54) is 6.92 Å². The minimum Gasteiger partial charge on any atom is -0.481 e. The summed E-state index contributed by atoms with van der Waals surface area (Å²) in [6.07, 6.45) is 0.157. The minimum absolute atomic E-state index is 0.119. The number of nitrogens with two attached hydrogens (primary N) is 1. The smallest absolute Gasteiger partial charge is 0.326 e. The van der Waals surface area contributed by atoms with Crippen molar-refractivity contribution in [3.05, 3.63) is 0 Å². The Kier molecular flexibility index (Phi) is 11.6. The first kappa shape index (κ1) is 27.3. The molecule has 0 rings (SSSR count). The number of aliphatic carboxylic acids is 2. The number of hydrogen-bond donors (Lipinski definition) is 6. The van der Waals surface area contributed by atoms with Crippen LogP contribution in [-0.2, 0) is 24.0 Å². The molecule has 172 valence electrons. The van der Waals surface area contributed by atoms with Crippen LogP contribution in [0.5, 0.6) is 0 Å². The fourth-order valence-corrected chi connectivity index (χ4v) is 2.62. The third kappa shape index (κ3) is 9.68. The molecule has 30 heavy (non-hydrogen) atoms. The first-order chi connectivity index (χ1) is 13.8. The minimum atomic E-state index is -1.44. The van der Waals surface area contributed by atoms with E-state index in [9.17, 15) is 29.1 Å². The predicted octanol–water partition coefficient (Wildman–Crippen LogP) is -0.560. The largest absolute Gasteiger partial charge is 0.481 e. The highest BCUT2D eigenvalue weighted by atomic mass is 16.4. The summed E-state index contributed by atoms with van der Waals surface area (Å²) in [5.41, 5.74) is 5.76. The normalized spacial score (nSPS) is 16.0. The Morgan fingerprint density at radius 3 is 1.87 bits per heavy atom. The molecule has 0 aromatic carbocycles. The van der Waals surface area contributed by atoms with Crippen molar-refractivity contribution in [1.29, 1.82) is 0 Å². The molecular formula is C19H34N4O7. The van der Waals surface area contributed by atoms with Crippen molar-refractivity contribution >= 4 is 29.7 Å². The van der Waals surface area contributed by atoms with E-state index in [0.29, 0.717) is 12.8 Å². The Hall–Kier alpha value is -2.69. The van der Waals surface area contributed by atoms with Crippen LogP contribution < -0.4 is 21.7 Å². The van der Waals surface area contributed by atoms with Crippen LogP contribution in [0, 0.1) is 11.8 Å². The van der Waals surface area contributed by atoms with Gasteiger partial charge in [-0.05, 0) is 25.2 Å². The van der Waals surface area contributed by atoms with Crippen molar-refractivity contribution in [3.63, 3.8) is 0 Å². The number of carboxylic acids is 2. The van der Waals surface area contributed by atoms with Crippen LogP contribution in [-0.4, -0.2) is 64.0 Å². The lowest BCUT2D eigenvalue weighted by Gasteiger charge is -2.24. The molecule has 7 N–H and O–H groups in total. The van der Waals surface area contributed by atoms with Gasteiger partial charge in [-0.3, -0.25) is 19.2 Å². The van der Waals surface area contributed by atoms with Gasteiger partial charge in [-0.15, -0.1) is 0 Å². The highest BCUT2D eigenvalue weighted by molar-refractivity contribution is 5.95. The van der Waals surface area contributed by atoms with Gasteiger partial charge in [0, 0.05) is 0 Å². The SMILES string of the molecule is CCC(C)C(NC(=O)C(C)NC(=O)C(CC(=O)O)NC(=O)C(N)CC(C)C)C(=O)O. The summed E-state index contributed by atoms with van der Waals surface area (Å²) < 4.78 is 0. The van der Waals surface area contributed by atoms with E-state index in [0.717, 1.165) is 0 Å². The number of carboxylic acid groups (broad SMARTS) is 2. The predicted molar refractivity (Wildman–Crippen MR) is 108 cm³/mol. The molecule has 0 radical (unpaired) electrons. The molecule has 0 saturated carbocycles. The van der Waals surface area contributed by atoms with Gasteiger partial charge in [0.25, 0.3) is 0 Å². The molecule has 0 aliphatic heterocycles. The van der Waals surface area contributed by atoms with E-state index >= 15 is 0 Å². The number of amides is 3. The van der Waals surface area contributed by atoms with Gasteiger partial charge in [-0.1, -0.05) is 34.1 Å². The fourth-order valence-electron chi connectivity index (χ4n) is 2.62. The molecule has 0 spiro atoms. The summed E-state index contributed by atoms with van der Waals surface area (Å²) in [6, 6.07) is -4.64. The molecule has 0 aliphatic rings. The third-order valence-corrected chi connectivity index (χ3v) is 4.60. The summed E-state index contributed by atoms with van der Waals surface area (Å²) in [7, 11) is 0. The van der Waals surface area contributed by atoms with E-state index in [2.05, 4.69) is 16.0 Å². The number of hydrogen-bond acceptors (Lipinski definition) is 6. The van der Waals surface area contributed by atoms with E-state index in [-0.39, 0.29) is 11.8 Å². The molecule has 0 aliphatic carbocycles.